The third-order valence-corrected chi connectivity index (χ3v) is 3.82. The summed E-state index contributed by atoms with van der Waals surface area (Å²) in [6, 6.07) is 0. The second-order valence-electron chi connectivity index (χ2n) is 6.17. The first-order valence-corrected chi connectivity index (χ1v) is 6.98. The molecule has 0 saturated carbocycles. The van der Waals surface area contributed by atoms with E-state index in [4.69, 9.17) is 10.5 Å². The van der Waals surface area contributed by atoms with Crippen LogP contribution in [0.2, 0.25) is 0 Å². The second-order valence-corrected chi connectivity index (χ2v) is 6.17. The van der Waals surface area contributed by atoms with Crippen molar-refractivity contribution in [1.29, 1.82) is 0 Å². The number of hydrogen-bond acceptors (Lipinski definition) is 3. The van der Waals surface area contributed by atoms with Gasteiger partial charge in [-0.15, -0.1) is 0 Å². The summed E-state index contributed by atoms with van der Waals surface area (Å²) in [6.45, 7) is 11.9. The van der Waals surface area contributed by atoms with Crippen molar-refractivity contribution in [2.24, 2.45) is 23.0 Å². The SMILES string of the molecule is CCN(CC(C)(C)CN)C(=O)C1CCOCC1C. The quantitative estimate of drug-likeness (QED) is 0.811. The normalized spacial score (nSPS) is 24.9. The van der Waals surface area contributed by atoms with Crippen molar-refractivity contribution >= 4 is 5.91 Å². The molecule has 4 nitrogen and oxygen atoms in total. The van der Waals surface area contributed by atoms with E-state index in [-0.39, 0.29) is 17.2 Å². The van der Waals surface area contributed by atoms with Gasteiger partial charge in [0, 0.05) is 32.2 Å². The Balaban J connectivity index is 2.66. The maximum Gasteiger partial charge on any atom is 0.226 e. The van der Waals surface area contributed by atoms with Crippen LogP contribution in [0.15, 0.2) is 0 Å². The number of hydrogen-bond donors (Lipinski definition) is 1. The molecule has 2 N–H and O–H groups in total. The van der Waals surface area contributed by atoms with Gasteiger partial charge in [-0.3, -0.25) is 4.79 Å². The van der Waals surface area contributed by atoms with Crippen LogP contribution in [0.25, 0.3) is 0 Å². The number of nitrogens with zero attached hydrogens (tertiary/aromatic N) is 1. The Bertz CT molecular complexity index is 279. The van der Waals surface area contributed by atoms with E-state index in [1.807, 2.05) is 11.8 Å². The van der Waals surface area contributed by atoms with Crippen LogP contribution < -0.4 is 5.73 Å². The lowest BCUT2D eigenvalue weighted by Gasteiger charge is -2.36. The summed E-state index contributed by atoms with van der Waals surface area (Å²) in [6.07, 6.45) is 0.847. The first-order valence-electron chi connectivity index (χ1n) is 6.98. The molecule has 0 radical (unpaired) electrons. The van der Waals surface area contributed by atoms with Crippen molar-refractivity contribution in [3.63, 3.8) is 0 Å². The van der Waals surface area contributed by atoms with Gasteiger partial charge in [-0.25, -0.2) is 0 Å². The van der Waals surface area contributed by atoms with Crippen molar-refractivity contribution in [1.82, 2.24) is 4.90 Å². The van der Waals surface area contributed by atoms with Crippen LogP contribution >= 0.6 is 0 Å². The topological polar surface area (TPSA) is 55.6 Å². The van der Waals surface area contributed by atoms with Crippen molar-refractivity contribution < 1.29 is 9.53 Å². The van der Waals surface area contributed by atoms with Crippen LogP contribution in [0.1, 0.15) is 34.1 Å². The van der Waals surface area contributed by atoms with Crippen LogP contribution in [0.5, 0.6) is 0 Å². The van der Waals surface area contributed by atoms with Crippen molar-refractivity contribution in [3.8, 4) is 0 Å². The van der Waals surface area contributed by atoms with Crippen LogP contribution in [0.3, 0.4) is 0 Å². The summed E-state index contributed by atoms with van der Waals surface area (Å²) in [5.41, 5.74) is 5.74. The van der Waals surface area contributed by atoms with Gasteiger partial charge in [0.25, 0.3) is 0 Å². The van der Waals surface area contributed by atoms with Gasteiger partial charge in [0.15, 0.2) is 0 Å². The molecule has 0 spiro atoms. The zero-order valence-electron chi connectivity index (χ0n) is 12.2. The molecule has 1 fully saturated rings. The molecular weight excluding hydrogens is 228 g/mol. The van der Waals surface area contributed by atoms with Crippen LogP contribution in [-0.2, 0) is 9.53 Å². The summed E-state index contributed by atoms with van der Waals surface area (Å²) >= 11 is 0. The largest absolute Gasteiger partial charge is 0.381 e. The van der Waals surface area contributed by atoms with E-state index >= 15 is 0 Å². The number of carbonyl (C=O) groups is 1. The lowest BCUT2D eigenvalue weighted by Crippen LogP contribution is -2.47. The highest BCUT2D eigenvalue weighted by molar-refractivity contribution is 5.79. The molecule has 1 rings (SSSR count). The van der Waals surface area contributed by atoms with Gasteiger partial charge in [0.05, 0.1) is 0 Å². The molecule has 0 aromatic carbocycles. The third kappa shape index (κ3) is 3.95. The third-order valence-electron chi connectivity index (χ3n) is 3.82. The first-order chi connectivity index (χ1) is 8.41. The average Bonchev–Trinajstić information content (AvgIpc) is 2.36. The van der Waals surface area contributed by atoms with Crippen molar-refractivity contribution in [2.75, 3.05) is 32.8 Å². The minimum absolute atomic E-state index is 0.0138. The predicted octanol–water partition coefficient (Wildman–Crippen LogP) is 1.49. The van der Waals surface area contributed by atoms with E-state index in [2.05, 4.69) is 20.8 Å². The Kier molecular flexibility index (Phi) is 5.60. The fourth-order valence-electron chi connectivity index (χ4n) is 2.41. The van der Waals surface area contributed by atoms with E-state index in [1.54, 1.807) is 0 Å². The fraction of sp³-hybridized carbons (Fsp3) is 0.929. The molecule has 4 heteroatoms. The molecule has 2 unspecified atom stereocenters. The zero-order chi connectivity index (χ0) is 13.8. The van der Waals surface area contributed by atoms with Crippen molar-refractivity contribution in [2.45, 2.75) is 34.1 Å². The lowest BCUT2D eigenvalue weighted by atomic mass is 9.87. The van der Waals surface area contributed by atoms with Crippen molar-refractivity contribution in [3.05, 3.63) is 0 Å². The van der Waals surface area contributed by atoms with Crippen LogP contribution in [0, 0.1) is 17.3 Å². The van der Waals surface area contributed by atoms with Gasteiger partial charge in [0.1, 0.15) is 0 Å². The summed E-state index contributed by atoms with van der Waals surface area (Å²) < 4.78 is 5.41. The predicted molar refractivity (Wildman–Crippen MR) is 73.2 cm³/mol. The van der Waals surface area contributed by atoms with Gasteiger partial charge >= 0.3 is 0 Å². The van der Waals surface area contributed by atoms with E-state index < -0.39 is 0 Å². The Labute approximate surface area is 111 Å². The molecule has 0 bridgehead atoms. The lowest BCUT2D eigenvalue weighted by molar-refractivity contribution is -0.142. The summed E-state index contributed by atoms with van der Waals surface area (Å²) in [5.74, 6) is 0.711. The molecule has 0 aromatic heterocycles. The number of carbonyl (C=O) groups excluding carboxylic acids is 1. The number of amides is 1. The van der Waals surface area contributed by atoms with Gasteiger partial charge in [-0.05, 0) is 31.2 Å². The van der Waals surface area contributed by atoms with E-state index in [0.29, 0.717) is 25.7 Å². The highest BCUT2D eigenvalue weighted by atomic mass is 16.5. The first kappa shape index (κ1) is 15.4. The molecule has 0 aromatic rings. The molecule has 1 aliphatic rings. The van der Waals surface area contributed by atoms with Gasteiger partial charge in [0.2, 0.25) is 5.91 Å². The maximum absolute atomic E-state index is 12.6. The smallest absolute Gasteiger partial charge is 0.226 e. The second kappa shape index (κ2) is 6.53. The molecule has 2 atom stereocenters. The maximum atomic E-state index is 12.6. The Morgan fingerprint density at radius 1 is 1.50 bits per heavy atom. The Morgan fingerprint density at radius 2 is 2.17 bits per heavy atom. The fourth-order valence-corrected chi connectivity index (χ4v) is 2.41. The molecule has 18 heavy (non-hydrogen) atoms. The molecule has 1 heterocycles. The molecule has 1 aliphatic heterocycles. The minimum atomic E-state index is -0.0138. The Morgan fingerprint density at radius 3 is 2.67 bits per heavy atom. The van der Waals surface area contributed by atoms with E-state index in [0.717, 1.165) is 19.5 Å². The molecule has 106 valence electrons. The zero-order valence-corrected chi connectivity index (χ0v) is 12.2. The minimum Gasteiger partial charge on any atom is -0.381 e. The standard InChI is InChI=1S/C14H28N2O2/c1-5-16(10-14(3,4)9-15)13(17)12-6-7-18-8-11(12)2/h11-12H,5-10,15H2,1-4H3. The van der Waals surface area contributed by atoms with Gasteiger partial charge in [-0.1, -0.05) is 20.8 Å². The molecular formula is C14H28N2O2. The van der Waals surface area contributed by atoms with Gasteiger partial charge < -0.3 is 15.4 Å². The number of ether oxygens (including phenoxy) is 1. The summed E-state index contributed by atoms with van der Waals surface area (Å²) in [7, 11) is 0. The molecule has 1 amide bonds. The summed E-state index contributed by atoms with van der Waals surface area (Å²) in [4.78, 5) is 14.5. The van der Waals surface area contributed by atoms with E-state index in [1.165, 1.54) is 0 Å². The molecule has 0 aliphatic carbocycles. The van der Waals surface area contributed by atoms with Gasteiger partial charge in [-0.2, -0.15) is 0 Å². The van der Waals surface area contributed by atoms with Crippen LogP contribution in [-0.4, -0.2) is 43.7 Å². The number of nitrogens with two attached hydrogens (primary N) is 1. The highest BCUT2D eigenvalue weighted by Crippen LogP contribution is 2.25. The van der Waals surface area contributed by atoms with Crippen LogP contribution in [0.4, 0.5) is 0 Å². The molecule has 1 saturated heterocycles. The average molecular weight is 256 g/mol. The highest BCUT2D eigenvalue weighted by Gasteiger charge is 2.33. The monoisotopic (exact) mass is 256 g/mol. The summed E-state index contributed by atoms with van der Waals surface area (Å²) in [5, 5.41) is 0. The van der Waals surface area contributed by atoms with E-state index in [9.17, 15) is 4.79 Å². The Hall–Kier alpha value is -0.610. The number of rotatable bonds is 5.